The maximum Gasteiger partial charge on any atom is 0.243 e. The van der Waals surface area contributed by atoms with Gasteiger partial charge in [-0.05, 0) is 61.6 Å². The summed E-state index contributed by atoms with van der Waals surface area (Å²) in [6.45, 7) is 2.89. The number of benzene rings is 2. The summed E-state index contributed by atoms with van der Waals surface area (Å²) in [6, 6.07) is 11.6. The quantitative estimate of drug-likeness (QED) is 0.622. The molecule has 1 saturated heterocycles. The minimum absolute atomic E-state index is 0.209. The lowest BCUT2D eigenvalue weighted by Gasteiger charge is -2.15. The maximum absolute atomic E-state index is 12.6. The SMILES string of the molecule is Cc1ccc(NC(=O)CCc2ccc(S(=O)(=O)N3CCCC3)cc2)cc1NS(C)(=O)=O. The molecule has 0 spiro atoms. The Kier molecular flexibility index (Phi) is 7.03. The van der Waals surface area contributed by atoms with Crippen molar-refractivity contribution in [2.75, 3.05) is 29.4 Å². The van der Waals surface area contributed by atoms with Crippen LogP contribution in [0.4, 0.5) is 11.4 Å². The number of rotatable bonds is 8. The highest BCUT2D eigenvalue weighted by molar-refractivity contribution is 7.92. The summed E-state index contributed by atoms with van der Waals surface area (Å²) in [6.07, 6.45) is 3.51. The van der Waals surface area contributed by atoms with E-state index in [-0.39, 0.29) is 17.2 Å². The van der Waals surface area contributed by atoms with Gasteiger partial charge in [0.15, 0.2) is 0 Å². The van der Waals surface area contributed by atoms with Crippen molar-refractivity contribution >= 4 is 37.3 Å². The minimum Gasteiger partial charge on any atom is -0.326 e. The monoisotopic (exact) mass is 465 g/mol. The number of aryl methyl sites for hydroxylation is 2. The fourth-order valence-corrected chi connectivity index (χ4v) is 5.53. The van der Waals surface area contributed by atoms with Gasteiger partial charge in [-0.1, -0.05) is 18.2 Å². The van der Waals surface area contributed by atoms with Crippen LogP contribution in [0.3, 0.4) is 0 Å². The Morgan fingerprint density at radius 3 is 2.26 bits per heavy atom. The molecule has 0 aromatic heterocycles. The molecule has 10 heteroatoms. The molecule has 3 rings (SSSR count). The van der Waals surface area contributed by atoms with E-state index in [9.17, 15) is 21.6 Å². The van der Waals surface area contributed by atoms with Gasteiger partial charge in [-0.15, -0.1) is 0 Å². The lowest BCUT2D eigenvalue weighted by atomic mass is 10.1. The molecule has 1 aliphatic rings. The number of sulfonamides is 2. The Balaban J connectivity index is 1.58. The first-order valence-corrected chi connectivity index (χ1v) is 13.4. The number of anilines is 2. The van der Waals surface area contributed by atoms with Gasteiger partial charge in [0.05, 0.1) is 16.8 Å². The molecule has 1 fully saturated rings. The van der Waals surface area contributed by atoms with Crippen LogP contribution in [0.2, 0.25) is 0 Å². The number of hydrogen-bond donors (Lipinski definition) is 2. The second kappa shape index (κ2) is 9.37. The Morgan fingerprint density at radius 2 is 1.65 bits per heavy atom. The van der Waals surface area contributed by atoms with Gasteiger partial charge in [0, 0.05) is 25.2 Å². The Bertz CT molecular complexity index is 1150. The predicted octanol–water partition coefficient (Wildman–Crippen LogP) is 2.72. The normalized spacial score (nSPS) is 15.0. The zero-order chi connectivity index (χ0) is 22.6. The molecular formula is C21H27N3O5S2. The van der Waals surface area contributed by atoms with E-state index in [1.807, 2.05) is 0 Å². The fourth-order valence-electron chi connectivity index (χ4n) is 3.40. The molecule has 2 aromatic rings. The van der Waals surface area contributed by atoms with E-state index in [0.29, 0.717) is 30.9 Å². The highest BCUT2D eigenvalue weighted by Gasteiger charge is 2.26. The number of hydrogen-bond acceptors (Lipinski definition) is 5. The van der Waals surface area contributed by atoms with Crippen LogP contribution in [0.15, 0.2) is 47.4 Å². The molecule has 31 heavy (non-hydrogen) atoms. The third-order valence-corrected chi connectivity index (χ3v) is 7.59. The first-order valence-electron chi connectivity index (χ1n) is 10.0. The van der Waals surface area contributed by atoms with Gasteiger partial charge < -0.3 is 5.32 Å². The number of nitrogens with one attached hydrogen (secondary N) is 2. The van der Waals surface area contributed by atoms with Gasteiger partial charge in [0.25, 0.3) is 0 Å². The van der Waals surface area contributed by atoms with E-state index in [0.717, 1.165) is 30.2 Å². The van der Waals surface area contributed by atoms with Gasteiger partial charge in [0.1, 0.15) is 0 Å². The number of nitrogens with zero attached hydrogens (tertiary/aromatic N) is 1. The first-order chi connectivity index (χ1) is 14.5. The van der Waals surface area contributed by atoms with Crippen molar-refractivity contribution in [3.63, 3.8) is 0 Å². The maximum atomic E-state index is 12.6. The predicted molar refractivity (Wildman–Crippen MR) is 121 cm³/mol. The standard InChI is InChI=1S/C21H27N3O5S2/c1-16-5-9-18(15-20(16)23-30(2,26)27)22-21(25)12-8-17-6-10-19(11-7-17)31(28,29)24-13-3-4-14-24/h5-7,9-11,15,23H,3-4,8,12-14H2,1-2H3,(H,22,25). The Labute approximate surface area is 183 Å². The molecule has 8 nitrogen and oxygen atoms in total. The van der Waals surface area contributed by atoms with Crippen LogP contribution in [0, 0.1) is 6.92 Å². The summed E-state index contributed by atoms with van der Waals surface area (Å²) < 4.78 is 52.0. The second-order valence-electron chi connectivity index (χ2n) is 7.71. The summed E-state index contributed by atoms with van der Waals surface area (Å²) in [4.78, 5) is 12.6. The van der Waals surface area contributed by atoms with Crippen molar-refractivity contribution in [1.82, 2.24) is 4.31 Å². The van der Waals surface area contributed by atoms with Crippen LogP contribution in [0.25, 0.3) is 0 Å². The number of amides is 1. The van der Waals surface area contributed by atoms with Gasteiger partial charge in [-0.25, -0.2) is 16.8 Å². The van der Waals surface area contributed by atoms with Crippen molar-refractivity contribution < 1.29 is 21.6 Å². The van der Waals surface area contributed by atoms with E-state index >= 15 is 0 Å². The molecule has 1 aliphatic heterocycles. The zero-order valence-electron chi connectivity index (χ0n) is 17.6. The Hall–Kier alpha value is -2.43. The molecule has 168 valence electrons. The van der Waals surface area contributed by atoms with E-state index in [1.165, 1.54) is 4.31 Å². The van der Waals surface area contributed by atoms with Gasteiger partial charge >= 0.3 is 0 Å². The van der Waals surface area contributed by atoms with E-state index < -0.39 is 20.0 Å². The van der Waals surface area contributed by atoms with Gasteiger partial charge in [0.2, 0.25) is 26.0 Å². The van der Waals surface area contributed by atoms with E-state index in [1.54, 1.807) is 49.4 Å². The fraction of sp³-hybridized carbons (Fsp3) is 0.381. The lowest BCUT2D eigenvalue weighted by Crippen LogP contribution is -2.27. The molecule has 0 aliphatic carbocycles. The van der Waals surface area contributed by atoms with Crippen molar-refractivity contribution in [3.8, 4) is 0 Å². The van der Waals surface area contributed by atoms with Crippen molar-refractivity contribution in [2.24, 2.45) is 0 Å². The lowest BCUT2D eigenvalue weighted by molar-refractivity contribution is -0.116. The van der Waals surface area contributed by atoms with Crippen molar-refractivity contribution in [3.05, 3.63) is 53.6 Å². The number of carbonyl (C=O) groups excluding carboxylic acids is 1. The molecule has 2 N–H and O–H groups in total. The highest BCUT2D eigenvalue weighted by Crippen LogP contribution is 2.23. The summed E-state index contributed by atoms with van der Waals surface area (Å²) in [7, 11) is -6.86. The van der Waals surface area contributed by atoms with Crippen LogP contribution in [-0.4, -0.2) is 46.4 Å². The summed E-state index contributed by atoms with van der Waals surface area (Å²) in [5.41, 5.74) is 2.51. The molecule has 0 bridgehead atoms. The van der Waals surface area contributed by atoms with Gasteiger partial charge in [-0.2, -0.15) is 4.31 Å². The third-order valence-electron chi connectivity index (χ3n) is 5.08. The summed E-state index contributed by atoms with van der Waals surface area (Å²) in [5.74, 6) is -0.220. The third kappa shape index (κ3) is 6.28. The van der Waals surface area contributed by atoms with Crippen molar-refractivity contribution in [2.45, 2.75) is 37.5 Å². The van der Waals surface area contributed by atoms with Gasteiger partial charge in [-0.3, -0.25) is 9.52 Å². The van der Waals surface area contributed by atoms with E-state index in [4.69, 9.17) is 0 Å². The minimum atomic E-state index is -3.44. The average molecular weight is 466 g/mol. The van der Waals surface area contributed by atoms with Crippen LogP contribution < -0.4 is 10.0 Å². The van der Waals surface area contributed by atoms with Crippen molar-refractivity contribution in [1.29, 1.82) is 0 Å². The van der Waals surface area contributed by atoms with Crippen LogP contribution in [-0.2, 0) is 31.3 Å². The molecular weight excluding hydrogens is 438 g/mol. The molecule has 1 amide bonds. The smallest absolute Gasteiger partial charge is 0.243 e. The Morgan fingerprint density at radius 1 is 1.00 bits per heavy atom. The molecule has 0 unspecified atom stereocenters. The molecule has 1 heterocycles. The second-order valence-corrected chi connectivity index (χ2v) is 11.4. The van der Waals surface area contributed by atoms with E-state index in [2.05, 4.69) is 10.0 Å². The molecule has 0 saturated carbocycles. The first kappa shape index (κ1) is 23.2. The molecule has 0 radical (unpaired) electrons. The molecule has 2 aromatic carbocycles. The average Bonchev–Trinajstić information content (AvgIpc) is 3.24. The zero-order valence-corrected chi connectivity index (χ0v) is 19.2. The van der Waals surface area contributed by atoms with Crippen LogP contribution >= 0.6 is 0 Å². The topological polar surface area (TPSA) is 113 Å². The largest absolute Gasteiger partial charge is 0.326 e. The highest BCUT2D eigenvalue weighted by atomic mass is 32.2. The van der Waals surface area contributed by atoms with Crippen LogP contribution in [0.5, 0.6) is 0 Å². The molecule has 0 atom stereocenters. The van der Waals surface area contributed by atoms with Crippen LogP contribution in [0.1, 0.15) is 30.4 Å². The summed E-state index contributed by atoms with van der Waals surface area (Å²) in [5, 5.41) is 2.76. The number of carbonyl (C=O) groups is 1. The summed E-state index contributed by atoms with van der Waals surface area (Å²) >= 11 is 0.